The molecule has 0 saturated heterocycles. The number of aliphatic hydroxyl groups is 1. The zero-order chi connectivity index (χ0) is 23.4. The summed E-state index contributed by atoms with van der Waals surface area (Å²) in [7, 11) is 0. The highest BCUT2D eigenvalue weighted by Crippen LogP contribution is 2.37. The molecule has 7 nitrogen and oxygen atoms in total. The molecular formula is C26H30N4O3. The molecule has 0 spiro atoms. The van der Waals surface area contributed by atoms with Crippen molar-refractivity contribution in [3.05, 3.63) is 53.1 Å². The van der Waals surface area contributed by atoms with Gasteiger partial charge in [0, 0.05) is 23.7 Å². The fourth-order valence-electron chi connectivity index (χ4n) is 4.35. The molecule has 2 aromatic carbocycles. The summed E-state index contributed by atoms with van der Waals surface area (Å²) >= 11 is 0. The topological polar surface area (TPSA) is 104 Å². The van der Waals surface area contributed by atoms with Crippen LogP contribution in [0.25, 0.3) is 22.8 Å². The highest BCUT2D eigenvalue weighted by molar-refractivity contribution is 5.67. The number of aliphatic hydroxyl groups excluding tert-OH is 1. The quantitative estimate of drug-likeness (QED) is 0.486. The van der Waals surface area contributed by atoms with E-state index in [-0.39, 0.29) is 18.2 Å². The lowest BCUT2D eigenvalue weighted by Gasteiger charge is -2.17. The Balaban J connectivity index is 1.56. The number of hydrogen-bond acceptors (Lipinski definition) is 7. The van der Waals surface area contributed by atoms with Crippen molar-refractivity contribution < 1.29 is 14.4 Å². The highest BCUT2D eigenvalue weighted by Gasteiger charge is 2.26. The van der Waals surface area contributed by atoms with E-state index in [0.29, 0.717) is 35.1 Å². The fourth-order valence-corrected chi connectivity index (χ4v) is 4.35. The predicted octanol–water partition coefficient (Wildman–Crippen LogP) is 4.80. The maximum Gasteiger partial charge on any atom is 0.258 e. The van der Waals surface area contributed by atoms with Crippen molar-refractivity contribution in [3.63, 3.8) is 0 Å². The summed E-state index contributed by atoms with van der Waals surface area (Å²) < 4.78 is 11.3. The van der Waals surface area contributed by atoms with E-state index in [1.54, 1.807) is 12.1 Å². The smallest absolute Gasteiger partial charge is 0.258 e. The van der Waals surface area contributed by atoms with Gasteiger partial charge in [-0.15, -0.1) is 0 Å². The number of ether oxygens (including phenoxy) is 1. The third kappa shape index (κ3) is 5.08. The van der Waals surface area contributed by atoms with E-state index < -0.39 is 0 Å². The molecule has 1 aliphatic rings. The molecule has 0 radical (unpaired) electrons. The molecule has 0 aliphatic heterocycles. The molecule has 2 atom stereocenters. The van der Waals surface area contributed by atoms with Crippen LogP contribution in [0.3, 0.4) is 0 Å². The number of benzene rings is 2. The van der Waals surface area contributed by atoms with Crippen LogP contribution in [0.5, 0.6) is 5.75 Å². The van der Waals surface area contributed by atoms with Crippen molar-refractivity contribution in [1.29, 1.82) is 5.26 Å². The molecule has 0 fully saturated rings. The number of nitrogens with one attached hydrogen (secondary N) is 1. The lowest BCUT2D eigenvalue weighted by molar-refractivity contribution is 0.156. The average molecular weight is 447 g/mol. The maximum atomic E-state index is 10.1. The van der Waals surface area contributed by atoms with Crippen LogP contribution in [-0.4, -0.2) is 34.0 Å². The van der Waals surface area contributed by atoms with Crippen LogP contribution in [0.15, 0.2) is 40.9 Å². The number of rotatable bonds is 9. The molecule has 0 saturated carbocycles. The summed E-state index contributed by atoms with van der Waals surface area (Å²) in [5, 5.41) is 27.3. The van der Waals surface area contributed by atoms with Crippen LogP contribution in [0, 0.1) is 11.3 Å². The van der Waals surface area contributed by atoms with Gasteiger partial charge in [0.15, 0.2) is 0 Å². The molecule has 1 aromatic heterocycles. The Morgan fingerprint density at radius 3 is 2.91 bits per heavy atom. The molecule has 0 amide bonds. The Kier molecular flexibility index (Phi) is 7.07. The minimum atomic E-state index is -0.322. The van der Waals surface area contributed by atoms with Gasteiger partial charge in [-0.2, -0.15) is 10.2 Å². The highest BCUT2D eigenvalue weighted by atomic mass is 16.5. The first-order valence-electron chi connectivity index (χ1n) is 11.6. The van der Waals surface area contributed by atoms with Crippen LogP contribution in [0.2, 0.25) is 0 Å². The maximum absolute atomic E-state index is 10.1. The van der Waals surface area contributed by atoms with Crippen LogP contribution in [-0.2, 0) is 6.42 Å². The van der Waals surface area contributed by atoms with Crippen molar-refractivity contribution in [2.24, 2.45) is 0 Å². The summed E-state index contributed by atoms with van der Waals surface area (Å²) in [5.41, 5.74) is 4.51. The van der Waals surface area contributed by atoms with E-state index in [9.17, 15) is 10.4 Å². The van der Waals surface area contributed by atoms with E-state index in [2.05, 4.69) is 34.5 Å². The van der Waals surface area contributed by atoms with Gasteiger partial charge < -0.3 is 19.7 Å². The minimum Gasteiger partial charge on any atom is -0.490 e. The SMILES string of the molecule is CCCC(O)CNC1CCc2c(-c3noc(-c4ccc(OC(C)C)c(C#N)c4)n3)cccc21. The van der Waals surface area contributed by atoms with E-state index in [0.717, 1.165) is 31.2 Å². The van der Waals surface area contributed by atoms with Gasteiger partial charge in [-0.05, 0) is 62.4 Å². The van der Waals surface area contributed by atoms with Crippen molar-refractivity contribution in [2.45, 2.75) is 64.7 Å². The molecule has 2 unspecified atom stereocenters. The van der Waals surface area contributed by atoms with Crippen LogP contribution < -0.4 is 10.1 Å². The van der Waals surface area contributed by atoms with Gasteiger partial charge in [0.05, 0.1) is 17.8 Å². The summed E-state index contributed by atoms with van der Waals surface area (Å²) in [6, 6.07) is 13.9. The van der Waals surface area contributed by atoms with Gasteiger partial charge in [0.2, 0.25) is 5.82 Å². The minimum absolute atomic E-state index is 0.0219. The third-order valence-corrected chi connectivity index (χ3v) is 5.87. The number of nitrogens with zero attached hydrogens (tertiary/aromatic N) is 3. The summed E-state index contributed by atoms with van der Waals surface area (Å²) in [6.07, 6.45) is 3.31. The summed E-state index contributed by atoms with van der Waals surface area (Å²) in [6.45, 7) is 6.51. The first-order chi connectivity index (χ1) is 16.0. The Labute approximate surface area is 194 Å². The van der Waals surface area contributed by atoms with Crippen LogP contribution >= 0.6 is 0 Å². The second-order valence-corrected chi connectivity index (χ2v) is 8.73. The Morgan fingerprint density at radius 1 is 1.30 bits per heavy atom. The average Bonchev–Trinajstić information content (AvgIpc) is 3.45. The zero-order valence-corrected chi connectivity index (χ0v) is 19.3. The van der Waals surface area contributed by atoms with Crippen molar-refractivity contribution in [2.75, 3.05) is 6.54 Å². The monoisotopic (exact) mass is 446 g/mol. The number of fused-ring (bicyclic) bond motifs is 1. The largest absolute Gasteiger partial charge is 0.490 e. The summed E-state index contributed by atoms with van der Waals surface area (Å²) in [5.74, 6) is 1.44. The van der Waals surface area contributed by atoms with E-state index in [4.69, 9.17) is 9.26 Å². The van der Waals surface area contributed by atoms with Crippen molar-refractivity contribution >= 4 is 0 Å². The standard InChI is InChI=1S/C26H30N4O3/c1-4-6-19(31)15-28-23-11-10-20-21(23)7-5-8-22(20)25-29-26(33-30-25)17-9-12-24(32-16(2)3)18(13-17)14-27/h5,7-9,12-13,16,19,23,28,31H,4,6,10-11,15H2,1-3H3. The molecule has 33 heavy (non-hydrogen) atoms. The Morgan fingerprint density at radius 2 is 2.15 bits per heavy atom. The van der Waals surface area contributed by atoms with Crippen LogP contribution in [0.4, 0.5) is 0 Å². The van der Waals surface area contributed by atoms with Gasteiger partial charge in [0.1, 0.15) is 11.8 Å². The van der Waals surface area contributed by atoms with Crippen molar-refractivity contribution in [1.82, 2.24) is 15.5 Å². The molecule has 0 bridgehead atoms. The Hall–Kier alpha value is -3.21. The van der Waals surface area contributed by atoms with E-state index in [1.165, 1.54) is 11.1 Å². The molecule has 2 N–H and O–H groups in total. The van der Waals surface area contributed by atoms with E-state index in [1.807, 2.05) is 32.0 Å². The second kappa shape index (κ2) is 10.2. The lowest BCUT2D eigenvalue weighted by Crippen LogP contribution is -2.29. The lowest BCUT2D eigenvalue weighted by atomic mass is 10.0. The number of aromatic nitrogens is 2. The predicted molar refractivity (Wildman–Crippen MR) is 126 cm³/mol. The molecular weight excluding hydrogens is 416 g/mol. The van der Waals surface area contributed by atoms with Gasteiger partial charge in [0.25, 0.3) is 5.89 Å². The molecule has 7 heteroatoms. The first-order valence-corrected chi connectivity index (χ1v) is 11.6. The second-order valence-electron chi connectivity index (χ2n) is 8.73. The van der Waals surface area contributed by atoms with Crippen LogP contribution in [0.1, 0.15) is 62.8 Å². The normalized spacial score (nSPS) is 15.9. The van der Waals surface area contributed by atoms with Gasteiger partial charge in [-0.1, -0.05) is 36.7 Å². The van der Waals surface area contributed by atoms with E-state index >= 15 is 0 Å². The molecule has 172 valence electrons. The molecule has 1 heterocycles. The zero-order valence-electron chi connectivity index (χ0n) is 19.3. The fraction of sp³-hybridized carbons (Fsp3) is 0.423. The number of nitriles is 1. The third-order valence-electron chi connectivity index (χ3n) is 5.87. The first kappa shape index (κ1) is 23.0. The Bertz CT molecular complexity index is 1150. The van der Waals surface area contributed by atoms with Gasteiger partial charge in [-0.25, -0.2) is 0 Å². The number of hydrogen-bond donors (Lipinski definition) is 2. The molecule has 4 rings (SSSR count). The summed E-state index contributed by atoms with van der Waals surface area (Å²) in [4.78, 5) is 4.63. The molecule has 1 aliphatic carbocycles. The van der Waals surface area contributed by atoms with Gasteiger partial charge in [-0.3, -0.25) is 0 Å². The van der Waals surface area contributed by atoms with Crippen molar-refractivity contribution in [3.8, 4) is 34.7 Å². The molecule has 3 aromatic rings. The van der Waals surface area contributed by atoms with Gasteiger partial charge >= 0.3 is 0 Å².